The summed E-state index contributed by atoms with van der Waals surface area (Å²) in [7, 11) is 1.65. The van der Waals surface area contributed by atoms with Crippen molar-refractivity contribution in [3.63, 3.8) is 0 Å². The first-order valence-electron chi connectivity index (χ1n) is 6.33. The van der Waals surface area contributed by atoms with E-state index in [0.717, 1.165) is 17.9 Å². The Balaban J connectivity index is 2.02. The van der Waals surface area contributed by atoms with Crippen molar-refractivity contribution in [3.05, 3.63) is 40.1 Å². The highest BCUT2D eigenvalue weighted by Gasteiger charge is 2.07. The number of hydrogen-bond donors (Lipinski definition) is 2. The summed E-state index contributed by atoms with van der Waals surface area (Å²) in [6.45, 7) is 4.31. The number of nitrogens with one attached hydrogen (secondary N) is 1. The van der Waals surface area contributed by atoms with E-state index in [-0.39, 0.29) is 0 Å². The summed E-state index contributed by atoms with van der Waals surface area (Å²) in [5.41, 5.74) is 7.56. The van der Waals surface area contributed by atoms with Crippen LogP contribution in [0.1, 0.15) is 16.7 Å². The zero-order valence-corrected chi connectivity index (χ0v) is 12.4. The fourth-order valence-corrected chi connectivity index (χ4v) is 3.07. The average molecular weight is 276 g/mol. The molecule has 1 heterocycles. The lowest BCUT2D eigenvalue weighted by molar-refractivity contribution is 0.415. The highest BCUT2D eigenvalue weighted by atomic mass is 32.1. The predicted octanol–water partition coefficient (Wildman–Crippen LogP) is 3.69. The van der Waals surface area contributed by atoms with Crippen molar-refractivity contribution >= 4 is 22.7 Å². The SMILES string of the molecule is COc1cc(N)cc(NC(C)Cc2ccc(C)s2)c1. The molecule has 0 aliphatic heterocycles. The first kappa shape index (κ1) is 13.7. The highest BCUT2D eigenvalue weighted by molar-refractivity contribution is 7.11. The number of hydrogen-bond acceptors (Lipinski definition) is 4. The van der Waals surface area contributed by atoms with E-state index in [1.807, 2.05) is 29.5 Å². The molecule has 1 unspecified atom stereocenters. The van der Waals surface area contributed by atoms with Gasteiger partial charge in [0.1, 0.15) is 5.75 Å². The van der Waals surface area contributed by atoms with Crippen LogP contribution in [0, 0.1) is 6.92 Å². The minimum absolute atomic E-state index is 0.351. The lowest BCUT2D eigenvalue weighted by Crippen LogP contribution is -2.17. The summed E-state index contributed by atoms with van der Waals surface area (Å²) < 4.78 is 5.22. The topological polar surface area (TPSA) is 47.3 Å². The van der Waals surface area contributed by atoms with Gasteiger partial charge in [-0.15, -0.1) is 11.3 Å². The number of nitrogen functional groups attached to an aromatic ring is 1. The second kappa shape index (κ2) is 5.97. The molecule has 1 aromatic heterocycles. The zero-order valence-electron chi connectivity index (χ0n) is 11.6. The second-order valence-electron chi connectivity index (χ2n) is 4.76. The van der Waals surface area contributed by atoms with E-state index in [1.165, 1.54) is 9.75 Å². The molecule has 0 saturated heterocycles. The fourth-order valence-electron chi connectivity index (χ4n) is 2.06. The van der Waals surface area contributed by atoms with Gasteiger partial charge in [-0.1, -0.05) is 0 Å². The van der Waals surface area contributed by atoms with Gasteiger partial charge in [0.2, 0.25) is 0 Å². The van der Waals surface area contributed by atoms with Crippen molar-refractivity contribution < 1.29 is 4.74 Å². The lowest BCUT2D eigenvalue weighted by atomic mass is 10.2. The predicted molar refractivity (Wildman–Crippen MR) is 83.3 cm³/mol. The maximum absolute atomic E-state index is 5.85. The third-order valence-electron chi connectivity index (χ3n) is 2.88. The van der Waals surface area contributed by atoms with E-state index in [0.29, 0.717) is 11.7 Å². The van der Waals surface area contributed by atoms with Crippen molar-refractivity contribution in [1.29, 1.82) is 0 Å². The molecule has 0 fully saturated rings. The van der Waals surface area contributed by atoms with Gasteiger partial charge in [0.15, 0.2) is 0 Å². The Labute approximate surface area is 118 Å². The third kappa shape index (κ3) is 3.89. The molecule has 4 heteroatoms. The Hall–Kier alpha value is -1.68. The summed E-state index contributed by atoms with van der Waals surface area (Å²) in [5, 5.41) is 3.46. The van der Waals surface area contributed by atoms with Crippen LogP contribution in [-0.4, -0.2) is 13.2 Å². The standard InChI is InChI=1S/C15H20N2OS/c1-10(6-15-5-4-11(2)19-15)17-13-7-12(16)8-14(9-13)18-3/h4-5,7-10,17H,6,16H2,1-3H3. The van der Waals surface area contributed by atoms with E-state index < -0.39 is 0 Å². The van der Waals surface area contributed by atoms with Gasteiger partial charge in [0.05, 0.1) is 7.11 Å². The Morgan fingerprint density at radius 2 is 2.11 bits per heavy atom. The molecule has 1 aromatic carbocycles. The van der Waals surface area contributed by atoms with Crippen LogP contribution in [0.15, 0.2) is 30.3 Å². The molecule has 102 valence electrons. The quantitative estimate of drug-likeness (QED) is 0.819. The summed E-state index contributed by atoms with van der Waals surface area (Å²) in [4.78, 5) is 2.75. The number of benzene rings is 1. The number of anilines is 2. The maximum Gasteiger partial charge on any atom is 0.122 e. The summed E-state index contributed by atoms with van der Waals surface area (Å²) in [6.07, 6.45) is 1.01. The number of nitrogens with two attached hydrogens (primary N) is 1. The minimum Gasteiger partial charge on any atom is -0.497 e. The molecule has 3 nitrogen and oxygen atoms in total. The Morgan fingerprint density at radius 3 is 2.74 bits per heavy atom. The first-order valence-corrected chi connectivity index (χ1v) is 7.15. The van der Waals surface area contributed by atoms with E-state index in [2.05, 4.69) is 31.3 Å². The largest absolute Gasteiger partial charge is 0.497 e. The number of aryl methyl sites for hydroxylation is 1. The van der Waals surface area contributed by atoms with Crippen LogP contribution in [0.25, 0.3) is 0 Å². The molecule has 0 bridgehead atoms. The molecule has 2 aromatic rings. The van der Waals surface area contributed by atoms with Gasteiger partial charge >= 0.3 is 0 Å². The van der Waals surface area contributed by atoms with Gasteiger partial charge in [0, 0.05) is 45.7 Å². The van der Waals surface area contributed by atoms with E-state index in [9.17, 15) is 0 Å². The molecule has 0 spiro atoms. The van der Waals surface area contributed by atoms with E-state index in [4.69, 9.17) is 10.5 Å². The normalized spacial score (nSPS) is 12.2. The van der Waals surface area contributed by atoms with Gasteiger partial charge in [-0.05, 0) is 32.0 Å². The fraction of sp³-hybridized carbons (Fsp3) is 0.333. The van der Waals surface area contributed by atoms with Crippen LogP contribution in [-0.2, 0) is 6.42 Å². The van der Waals surface area contributed by atoms with E-state index >= 15 is 0 Å². The van der Waals surface area contributed by atoms with Crippen LogP contribution >= 0.6 is 11.3 Å². The summed E-state index contributed by atoms with van der Waals surface area (Å²) in [5.74, 6) is 0.779. The van der Waals surface area contributed by atoms with Crippen molar-refractivity contribution in [2.24, 2.45) is 0 Å². The van der Waals surface area contributed by atoms with Crippen LogP contribution in [0.4, 0.5) is 11.4 Å². The summed E-state index contributed by atoms with van der Waals surface area (Å²) in [6, 6.07) is 10.4. The van der Waals surface area contributed by atoms with Gasteiger partial charge in [0.25, 0.3) is 0 Å². The Morgan fingerprint density at radius 1 is 1.32 bits per heavy atom. The Bertz CT molecular complexity index is 551. The Kier molecular flexibility index (Phi) is 4.32. The molecule has 3 N–H and O–H groups in total. The monoisotopic (exact) mass is 276 g/mol. The van der Waals surface area contributed by atoms with Crippen LogP contribution < -0.4 is 15.8 Å². The van der Waals surface area contributed by atoms with Crippen LogP contribution in [0.2, 0.25) is 0 Å². The summed E-state index contributed by atoms with van der Waals surface area (Å²) >= 11 is 1.85. The lowest BCUT2D eigenvalue weighted by Gasteiger charge is -2.15. The first-order chi connectivity index (χ1) is 9.06. The molecular weight excluding hydrogens is 256 g/mol. The molecule has 0 aliphatic rings. The van der Waals surface area contributed by atoms with Crippen LogP contribution in [0.3, 0.4) is 0 Å². The molecule has 0 radical (unpaired) electrons. The van der Waals surface area contributed by atoms with Gasteiger partial charge in [-0.3, -0.25) is 0 Å². The minimum atomic E-state index is 0.351. The number of thiophene rings is 1. The highest BCUT2D eigenvalue weighted by Crippen LogP contribution is 2.24. The molecule has 1 atom stereocenters. The molecular formula is C15H20N2OS. The number of rotatable bonds is 5. The smallest absolute Gasteiger partial charge is 0.122 e. The third-order valence-corrected chi connectivity index (χ3v) is 3.90. The van der Waals surface area contributed by atoms with Crippen molar-refractivity contribution in [1.82, 2.24) is 0 Å². The zero-order chi connectivity index (χ0) is 13.8. The molecule has 19 heavy (non-hydrogen) atoms. The average Bonchev–Trinajstić information content (AvgIpc) is 2.73. The molecule has 0 amide bonds. The van der Waals surface area contributed by atoms with E-state index in [1.54, 1.807) is 7.11 Å². The van der Waals surface area contributed by atoms with Gasteiger partial charge in [-0.2, -0.15) is 0 Å². The van der Waals surface area contributed by atoms with Gasteiger partial charge in [-0.25, -0.2) is 0 Å². The maximum atomic E-state index is 5.85. The van der Waals surface area contributed by atoms with Gasteiger partial charge < -0.3 is 15.8 Å². The van der Waals surface area contributed by atoms with Crippen molar-refractivity contribution in [2.45, 2.75) is 26.3 Å². The van der Waals surface area contributed by atoms with Crippen molar-refractivity contribution in [3.8, 4) is 5.75 Å². The number of ether oxygens (including phenoxy) is 1. The molecule has 0 saturated carbocycles. The second-order valence-corrected chi connectivity index (χ2v) is 6.13. The number of methoxy groups -OCH3 is 1. The van der Waals surface area contributed by atoms with Crippen molar-refractivity contribution in [2.75, 3.05) is 18.2 Å². The molecule has 0 aliphatic carbocycles. The van der Waals surface area contributed by atoms with Crippen LogP contribution in [0.5, 0.6) is 5.75 Å². The molecule has 2 rings (SSSR count).